The van der Waals surface area contributed by atoms with E-state index in [1.165, 1.54) is 12.1 Å². The SMILES string of the molecule is N#CCC12CC(NC(=O)c3cccc4ccn(Cc5ccc(C(F)(F)F)cc5)c34)(C1)C2. The summed E-state index contributed by atoms with van der Waals surface area (Å²) in [5.74, 6) is -0.150. The Morgan fingerprint density at radius 1 is 1.10 bits per heavy atom. The van der Waals surface area contributed by atoms with Gasteiger partial charge in [0.25, 0.3) is 5.91 Å². The van der Waals surface area contributed by atoms with E-state index in [1.807, 2.05) is 29.0 Å². The van der Waals surface area contributed by atoms with Gasteiger partial charge >= 0.3 is 6.18 Å². The highest BCUT2D eigenvalue weighted by Gasteiger charge is 2.68. The number of amides is 1. The molecule has 1 N–H and O–H groups in total. The minimum absolute atomic E-state index is 0.0941. The molecule has 0 radical (unpaired) electrons. The van der Waals surface area contributed by atoms with Crippen LogP contribution in [-0.2, 0) is 12.7 Å². The molecule has 0 atom stereocenters. The van der Waals surface area contributed by atoms with Crippen LogP contribution in [0.5, 0.6) is 0 Å². The summed E-state index contributed by atoms with van der Waals surface area (Å²) in [6.45, 7) is 0.363. The van der Waals surface area contributed by atoms with Crippen molar-refractivity contribution in [1.29, 1.82) is 5.26 Å². The van der Waals surface area contributed by atoms with Crippen molar-refractivity contribution in [2.45, 2.75) is 43.9 Å². The van der Waals surface area contributed by atoms with Crippen LogP contribution in [0, 0.1) is 16.7 Å². The highest BCUT2D eigenvalue weighted by molar-refractivity contribution is 6.06. The van der Waals surface area contributed by atoms with Crippen LogP contribution in [0.1, 0.15) is 47.2 Å². The molecule has 3 aliphatic carbocycles. The summed E-state index contributed by atoms with van der Waals surface area (Å²) in [6, 6.07) is 14.7. The van der Waals surface area contributed by atoms with Crippen LogP contribution >= 0.6 is 0 Å². The highest BCUT2D eigenvalue weighted by atomic mass is 19.4. The Balaban J connectivity index is 1.38. The molecule has 158 valence electrons. The average Bonchev–Trinajstić information content (AvgIpc) is 3.08. The lowest BCUT2D eigenvalue weighted by Crippen LogP contribution is -2.74. The number of hydrogen-bond acceptors (Lipinski definition) is 2. The Morgan fingerprint density at radius 3 is 2.45 bits per heavy atom. The van der Waals surface area contributed by atoms with Crippen LogP contribution < -0.4 is 5.32 Å². The van der Waals surface area contributed by atoms with E-state index >= 15 is 0 Å². The maximum absolute atomic E-state index is 13.1. The van der Waals surface area contributed by atoms with Gasteiger partial charge in [-0.3, -0.25) is 4.79 Å². The number of nitrogens with one attached hydrogen (secondary N) is 1. The van der Waals surface area contributed by atoms with E-state index in [0.29, 0.717) is 18.5 Å². The van der Waals surface area contributed by atoms with Crippen molar-refractivity contribution in [2.75, 3.05) is 0 Å². The Morgan fingerprint density at radius 2 is 1.81 bits per heavy atom. The molecule has 0 saturated heterocycles. The molecule has 2 bridgehead atoms. The Labute approximate surface area is 177 Å². The summed E-state index contributed by atoms with van der Waals surface area (Å²) in [5, 5.41) is 13.0. The maximum Gasteiger partial charge on any atom is 0.416 e. The summed E-state index contributed by atoms with van der Waals surface area (Å²) in [5.41, 5.74) is 1.25. The van der Waals surface area contributed by atoms with E-state index < -0.39 is 11.7 Å². The van der Waals surface area contributed by atoms with E-state index in [1.54, 1.807) is 6.07 Å². The van der Waals surface area contributed by atoms with E-state index in [4.69, 9.17) is 5.26 Å². The van der Waals surface area contributed by atoms with Gasteiger partial charge in [0.2, 0.25) is 0 Å². The first-order valence-corrected chi connectivity index (χ1v) is 10.2. The number of alkyl halides is 3. The van der Waals surface area contributed by atoms with Gasteiger partial charge in [-0.15, -0.1) is 0 Å². The van der Waals surface area contributed by atoms with Gasteiger partial charge < -0.3 is 9.88 Å². The lowest BCUT2D eigenvalue weighted by molar-refractivity contribution is -0.143. The molecule has 0 unspecified atom stereocenters. The number of aromatic nitrogens is 1. The summed E-state index contributed by atoms with van der Waals surface area (Å²) in [7, 11) is 0. The lowest BCUT2D eigenvalue weighted by atomic mass is 9.38. The Kier molecular flexibility index (Phi) is 4.20. The van der Waals surface area contributed by atoms with E-state index in [2.05, 4.69) is 11.4 Å². The van der Waals surface area contributed by atoms with Gasteiger partial charge in [0, 0.05) is 30.1 Å². The molecule has 3 aliphatic rings. The third-order valence-corrected chi connectivity index (χ3v) is 6.64. The zero-order valence-electron chi connectivity index (χ0n) is 16.7. The second-order valence-electron chi connectivity index (χ2n) is 8.98. The van der Waals surface area contributed by atoms with Crippen molar-refractivity contribution in [3.05, 3.63) is 71.4 Å². The van der Waals surface area contributed by atoms with Crippen molar-refractivity contribution >= 4 is 16.8 Å². The Hall–Kier alpha value is -3.27. The van der Waals surface area contributed by atoms with E-state index in [-0.39, 0.29) is 16.9 Å². The number of halogens is 3. The number of fused-ring (bicyclic) bond motifs is 1. The largest absolute Gasteiger partial charge is 0.416 e. The summed E-state index contributed by atoms with van der Waals surface area (Å²) in [4.78, 5) is 13.1. The van der Waals surface area contributed by atoms with Gasteiger partial charge in [-0.1, -0.05) is 24.3 Å². The number of carbonyl (C=O) groups excluding carboxylic acids is 1. The van der Waals surface area contributed by atoms with E-state index in [0.717, 1.165) is 47.9 Å². The third kappa shape index (κ3) is 3.27. The molecule has 3 fully saturated rings. The number of rotatable bonds is 5. The van der Waals surface area contributed by atoms with Crippen LogP contribution in [0.25, 0.3) is 10.9 Å². The van der Waals surface area contributed by atoms with Gasteiger partial charge in [0.05, 0.1) is 22.7 Å². The number of hydrogen-bond donors (Lipinski definition) is 1. The molecule has 1 amide bonds. The predicted octanol–water partition coefficient (Wildman–Crippen LogP) is 5.27. The van der Waals surface area contributed by atoms with Crippen LogP contribution in [0.2, 0.25) is 0 Å². The average molecular weight is 423 g/mol. The molecule has 3 aromatic rings. The number of carbonyl (C=O) groups is 1. The molecular weight excluding hydrogens is 403 g/mol. The van der Waals surface area contributed by atoms with Gasteiger partial charge in [-0.25, -0.2) is 0 Å². The molecule has 2 aromatic carbocycles. The van der Waals surface area contributed by atoms with Crippen LogP contribution in [0.3, 0.4) is 0 Å². The van der Waals surface area contributed by atoms with Gasteiger partial charge in [0.15, 0.2) is 0 Å². The molecule has 1 heterocycles. The maximum atomic E-state index is 13.1. The van der Waals surface area contributed by atoms with Crippen LogP contribution in [0.4, 0.5) is 13.2 Å². The van der Waals surface area contributed by atoms with Crippen molar-refractivity contribution < 1.29 is 18.0 Å². The normalized spacial score (nSPS) is 24.2. The number of para-hydroxylation sites is 1. The summed E-state index contributed by atoms with van der Waals surface area (Å²) in [6.07, 6.45) is 0.570. The second kappa shape index (κ2) is 6.61. The fourth-order valence-electron chi connectivity index (χ4n) is 5.37. The van der Waals surface area contributed by atoms with Crippen molar-refractivity contribution in [1.82, 2.24) is 9.88 Å². The second-order valence-corrected chi connectivity index (χ2v) is 8.98. The first kappa shape index (κ1) is 19.7. The molecule has 0 aliphatic heterocycles. The third-order valence-electron chi connectivity index (χ3n) is 6.64. The zero-order valence-corrected chi connectivity index (χ0v) is 16.7. The quantitative estimate of drug-likeness (QED) is 0.607. The van der Waals surface area contributed by atoms with Crippen molar-refractivity contribution in [2.24, 2.45) is 5.41 Å². The van der Waals surface area contributed by atoms with Crippen LogP contribution in [-0.4, -0.2) is 16.0 Å². The monoisotopic (exact) mass is 423 g/mol. The lowest BCUT2D eigenvalue weighted by Gasteiger charge is -2.70. The van der Waals surface area contributed by atoms with Crippen molar-refractivity contribution in [3.63, 3.8) is 0 Å². The number of benzene rings is 2. The van der Waals surface area contributed by atoms with Crippen LogP contribution in [0.15, 0.2) is 54.7 Å². The predicted molar refractivity (Wildman–Crippen MR) is 109 cm³/mol. The van der Waals surface area contributed by atoms with E-state index in [9.17, 15) is 18.0 Å². The first-order valence-electron chi connectivity index (χ1n) is 10.2. The summed E-state index contributed by atoms with van der Waals surface area (Å²) < 4.78 is 40.4. The minimum Gasteiger partial charge on any atom is -0.346 e. The smallest absolute Gasteiger partial charge is 0.346 e. The van der Waals surface area contributed by atoms with Gasteiger partial charge in [-0.05, 0) is 54.5 Å². The number of nitrogens with zero attached hydrogens (tertiary/aromatic N) is 2. The highest BCUT2D eigenvalue weighted by Crippen LogP contribution is 2.68. The standard InChI is InChI=1S/C24H20F3N3O/c25-24(26,27)18-6-4-16(5-7-18)12-30-11-8-17-2-1-3-19(20(17)30)21(31)29-23-13-22(14-23,15-23)9-10-28/h1-8,11H,9,12-15H2,(H,29,31). The first-order chi connectivity index (χ1) is 14.7. The summed E-state index contributed by atoms with van der Waals surface area (Å²) >= 11 is 0. The molecule has 4 nitrogen and oxygen atoms in total. The topological polar surface area (TPSA) is 57.8 Å². The fraction of sp³-hybridized carbons (Fsp3) is 0.333. The molecule has 31 heavy (non-hydrogen) atoms. The van der Waals surface area contributed by atoms with Gasteiger partial charge in [-0.2, -0.15) is 18.4 Å². The van der Waals surface area contributed by atoms with Gasteiger partial charge in [0.1, 0.15) is 0 Å². The molecule has 0 spiro atoms. The molecule has 1 aromatic heterocycles. The van der Waals surface area contributed by atoms with Crippen molar-refractivity contribution in [3.8, 4) is 6.07 Å². The fourth-order valence-corrected chi connectivity index (χ4v) is 5.37. The number of nitriles is 1. The Bertz CT molecular complexity index is 1200. The molecule has 7 heteroatoms. The molecule has 6 rings (SSSR count). The zero-order chi connectivity index (χ0) is 21.9. The minimum atomic E-state index is -4.36. The molecule has 3 saturated carbocycles. The molecular formula is C24H20F3N3O.